The van der Waals surface area contributed by atoms with Crippen LogP contribution in [0.2, 0.25) is 0 Å². The summed E-state index contributed by atoms with van der Waals surface area (Å²) in [6.45, 7) is 8.15. The Bertz CT molecular complexity index is 924. The van der Waals surface area contributed by atoms with Gasteiger partial charge in [-0.2, -0.15) is 0 Å². The van der Waals surface area contributed by atoms with Crippen molar-refractivity contribution in [2.45, 2.75) is 20.0 Å². The number of hydrogen-bond acceptors (Lipinski definition) is 6. The van der Waals surface area contributed by atoms with Gasteiger partial charge in [-0.05, 0) is 18.6 Å². The van der Waals surface area contributed by atoms with Crippen molar-refractivity contribution in [1.29, 1.82) is 0 Å². The van der Waals surface area contributed by atoms with Crippen LogP contribution in [0.4, 0.5) is 0 Å². The van der Waals surface area contributed by atoms with E-state index in [-0.39, 0.29) is 5.91 Å². The van der Waals surface area contributed by atoms with Crippen LogP contribution in [0.15, 0.2) is 30.7 Å². The van der Waals surface area contributed by atoms with Crippen molar-refractivity contribution in [3.05, 3.63) is 47.7 Å². The van der Waals surface area contributed by atoms with Crippen LogP contribution in [0, 0.1) is 6.92 Å². The van der Waals surface area contributed by atoms with Crippen molar-refractivity contribution >= 4 is 11.6 Å². The maximum Gasteiger partial charge on any atom is 0.273 e. The molecule has 27 heavy (non-hydrogen) atoms. The van der Waals surface area contributed by atoms with Crippen LogP contribution in [0.3, 0.4) is 0 Å². The quantitative estimate of drug-likeness (QED) is 0.640. The molecule has 4 heterocycles. The number of nitrogens with one attached hydrogen (secondary N) is 2. The first-order valence-corrected chi connectivity index (χ1v) is 9.23. The second kappa shape index (κ2) is 7.85. The van der Waals surface area contributed by atoms with Gasteiger partial charge in [0.25, 0.3) is 5.91 Å². The van der Waals surface area contributed by atoms with Gasteiger partial charge in [-0.1, -0.05) is 11.3 Å². The number of carbonyl (C=O) groups excluding carboxylic acids is 1. The molecule has 0 spiro atoms. The molecule has 0 aliphatic carbocycles. The van der Waals surface area contributed by atoms with Crippen LogP contribution >= 0.6 is 0 Å². The van der Waals surface area contributed by atoms with Gasteiger partial charge in [-0.15, -0.1) is 5.10 Å². The van der Waals surface area contributed by atoms with Gasteiger partial charge in [0, 0.05) is 45.1 Å². The molecule has 1 aliphatic heterocycles. The second-order valence-corrected chi connectivity index (χ2v) is 6.85. The van der Waals surface area contributed by atoms with Crippen molar-refractivity contribution in [3.63, 3.8) is 0 Å². The molecule has 1 saturated heterocycles. The van der Waals surface area contributed by atoms with Crippen LogP contribution in [0.5, 0.6) is 0 Å². The Kier molecular flexibility index (Phi) is 5.12. The Labute approximate surface area is 157 Å². The van der Waals surface area contributed by atoms with E-state index < -0.39 is 0 Å². The van der Waals surface area contributed by atoms with E-state index in [0.717, 1.165) is 56.2 Å². The van der Waals surface area contributed by atoms with Crippen molar-refractivity contribution in [2.24, 2.45) is 0 Å². The van der Waals surface area contributed by atoms with E-state index in [9.17, 15) is 4.79 Å². The molecule has 3 aromatic heterocycles. The smallest absolute Gasteiger partial charge is 0.273 e. The third kappa shape index (κ3) is 4.32. The number of aromatic nitrogens is 5. The SMILES string of the molecule is Cc1ccc2nc(CNC(=O)c3cn(CCN4CCNCC4)nn3)cn2c1. The highest BCUT2D eigenvalue weighted by Gasteiger charge is 2.13. The molecule has 1 fully saturated rings. The topological polar surface area (TPSA) is 92.4 Å². The van der Waals surface area contributed by atoms with Crippen molar-refractivity contribution in [3.8, 4) is 0 Å². The minimum absolute atomic E-state index is 0.239. The number of fused-ring (bicyclic) bond motifs is 1. The van der Waals surface area contributed by atoms with E-state index >= 15 is 0 Å². The van der Waals surface area contributed by atoms with Crippen LogP contribution in [-0.2, 0) is 13.1 Å². The molecule has 0 bridgehead atoms. The third-order valence-electron chi connectivity index (χ3n) is 4.71. The number of imidazole rings is 1. The van der Waals surface area contributed by atoms with E-state index in [2.05, 4.69) is 30.8 Å². The van der Waals surface area contributed by atoms with Crippen LogP contribution < -0.4 is 10.6 Å². The lowest BCUT2D eigenvalue weighted by Crippen LogP contribution is -2.44. The number of nitrogens with zero attached hydrogens (tertiary/aromatic N) is 6. The largest absolute Gasteiger partial charge is 0.345 e. The average Bonchev–Trinajstić information content (AvgIpc) is 3.31. The Morgan fingerprint density at radius 1 is 1.19 bits per heavy atom. The summed E-state index contributed by atoms with van der Waals surface area (Å²) < 4.78 is 3.69. The molecular formula is C18H24N8O. The van der Waals surface area contributed by atoms with Gasteiger partial charge in [0.2, 0.25) is 0 Å². The number of hydrogen-bond donors (Lipinski definition) is 2. The molecule has 3 aromatic rings. The lowest BCUT2D eigenvalue weighted by atomic mass is 10.3. The van der Waals surface area contributed by atoms with Gasteiger partial charge in [-0.25, -0.2) is 4.98 Å². The van der Waals surface area contributed by atoms with Gasteiger partial charge in [0.1, 0.15) is 5.65 Å². The molecular weight excluding hydrogens is 344 g/mol. The van der Waals surface area contributed by atoms with E-state index in [4.69, 9.17) is 0 Å². The Morgan fingerprint density at radius 3 is 2.89 bits per heavy atom. The summed E-state index contributed by atoms with van der Waals surface area (Å²) in [6, 6.07) is 3.98. The van der Waals surface area contributed by atoms with Gasteiger partial charge in [0.15, 0.2) is 5.69 Å². The number of pyridine rings is 1. The average molecular weight is 368 g/mol. The number of amides is 1. The molecule has 0 aromatic carbocycles. The summed E-state index contributed by atoms with van der Waals surface area (Å²) in [5, 5.41) is 14.3. The normalized spacial score (nSPS) is 15.3. The summed E-state index contributed by atoms with van der Waals surface area (Å²) in [6.07, 6.45) is 5.63. The minimum Gasteiger partial charge on any atom is -0.345 e. The Hall–Kier alpha value is -2.78. The van der Waals surface area contributed by atoms with E-state index in [0.29, 0.717) is 12.2 Å². The molecule has 0 atom stereocenters. The van der Waals surface area contributed by atoms with E-state index in [1.165, 1.54) is 0 Å². The highest BCUT2D eigenvalue weighted by molar-refractivity contribution is 5.91. The standard InChI is InChI=1S/C18H24N8O/c1-14-2-3-17-21-15(12-25(17)11-14)10-20-18(27)16-13-26(23-22-16)9-8-24-6-4-19-5-7-24/h2-3,11-13,19H,4-10H2,1H3,(H,20,27). The lowest BCUT2D eigenvalue weighted by molar-refractivity contribution is 0.0945. The summed E-state index contributed by atoms with van der Waals surface area (Å²) in [5.74, 6) is -0.239. The van der Waals surface area contributed by atoms with Crippen molar-refractivity contribution in [2.75, 3.05) is 32.7 Å². The molecule has 9 nitrogen and oxygen atoms in total. The third-order valence-corrected chi connectivity index (χ3v) is 4.71. The first-order valence-electron chi connectivity index (χ1n) is 9.23. The molecule has 142 valence electrons. The summed E-state index contributed by atoms with van der Waals surface area (Å²) >= 11 is 0. The highest BCUT2D eigenvalue weighted by Crippen LogP contribution is 2.07. The molecule has 1 amide bonds. The molecule has 2 N–H and O–H groups in total. The maximum atomic E-state index is 12.3. The van der Waals surface area contributed by atoms with Gasteiger partial charge < -0.3 is 15.0 Å². The number of piperazine rings is 1. The second-order valence-electron chi connectivity index (χ2n) is 6.85. The molecule has 4 rings (SSSR count). The summed E-state index contributed by atoms with van der Waals surface area (Å²) in [5.41, 5.74) is 3.16. The lowest BCUT2D eigenvalue weighted by Gasteiger charge is -2.26. The monoisotopic (exact) mass is 368 g/mol. The zero-order valence-corrected chi connectivity index (χ0v) is 15.4. The fourth-order valence-electron chi connectivity index (χ4n) is 3.19. The molecule has 9 heteroatoms. The molecule has 0 unspecified atom stereocenters. The zero-order chi connectivity index (χ0) is 18.6. The van der Waals surface area contributed by atoms with Crippen LogP contribution in [0.1, 0.15) is 21.7 Å². The van der Waals surface area contributed by atoms with Crippen LogP contribution in [-0.4, -0.2) is 67.9 Å². The predicted molar refractivity (Wildman–Crippen MR) is 100 cm³/mol. The molecule has 0 saturated carbocycles. The molecule has 1 aliphatic rings. The fraction of sp³-hybridized carbons (Fsp3) is 0.444. The minimum atomic E-state index is -0.239. The van der Waals surface area contributed by atoms with Crippen LogP contribution in [0.25, 0.3) is 5.65 Å². The van der Waals surface area contributed by atoms with E-state index in [1.807, 2.05) is 35.9 Å². The Balaban J connectivity index is 1.30. The van der Waals surface area contributed by atoms with E-state index in [1.54, 1.807) is 10.9 Å². The predicted octanol–water partition coefficient (Wildman–Crippen LogP) is 0.0694. The van der Waals surface area contributed by atoms with Gasteiger partial charge >= 0.3 is 0 Å². The van der Waals surface area contributed by atoms with Crippen molar-refractivity contribution < 1.29 is 4.79 Å². The first kappa shape index (κ1) is 17.6. The maximum absolute atomic E-state index is 12.3. The zero-order valence-electron chi connectivity index (χ0n) is 15.4. The van der Waals surface area contributed by atoms with Gasteiger partial charge in [-0.3, -0.25) is 14.4 Å². The number of carbonyl (C=O) groups is 1. The summed E-state index contributed by atoms with van der Waals surface area (Å²) in [4.78, 5) is 19.2. The molecule has 0 radical (unpaired) electrons. The number of rotatable bonds is 6. The van der Waals surface area contributed by atoms with Gasteiger partial charge in [0.05, 0.1) is 25.0 Å². The fourth-order valence-corrected chi connectivity index (χ4v) is 3.19. The number of aryl methyl sites for hydroxylation is 1. The van der Waals surface area contributed by atoms with Crippen molar-refractivity contribution in [1.82, 2.24) is 39.9 Å². The Morgan fingerprint density at radius 2 is 2.04 bits per heavy atom. The first-order chi connectivity index (χ1) is 13.2. The summed E-state index contributed by atoms with van der Waals surface area (Å²) in [7, 11) is 0. The highest BCUT2D eigenvalue weighted by atomic mass is 16.2.